The quantitative estimate of drug-likeness (QED) is 0.261. The van der Waals surface area contributed by atoms with Crippen LogP contribution in [-0.2, 0) is 38.5 Å². The Morgan fingerprint density at radius 1 is 0.787 bits per heavy atom. The normalized spacial score (nSPS) is 19.9. The summed E-state index contributed by atoms with van der Waals surface area (Å²) in [5, 5.41) is 0. The van der Waals surface area contributed by atoms with E-state index in [0.717, 1.165) is 12.0 Å². The fourth-order valence-corrected chi connectivity index (χ4v) is 17.9. The maximum absolute atomic E-state index is 14.0. The summed E-state index contributed by atoms with van der Waals surface area (Å²) in [4.78, 5) is 0. The Labute approximate surface area is 302 Å². The van der Waals surface area contributed by atoms with Gasteiger partial charge in [-0.15, -0.1) is 0 Å². The summed E-state index contributed by atoms with van der Waals surface area (Å²) in [6.45, 7) is 26.1. The van der Waals surface area contributed by atoms with Gasteiger partial charge in [-0.25, -0.2) is 0 Å². The van der Waals surface area contributed by atoms with Crippen LogP contribution >= 0.6 is 0 Å². The first kappa shape index (κ1) is 36.2. The minimum absolute atomic E-state index is 0. The molecule has 0 saturated carbocycles. The van der Waals surface area contributed by atoms with Crippen molar-refractivity contribution in [3.05, 3.63) is 123 Å². The maximum atomic E-state index is 14.0. The molecule has 0 radical (unpaired) electrons. The molecule has 0 fully saturated rings. The van der Waals surface area contributed by atoms with Crippen molar-refractivity contribution in [3.63, 3.8) is 0 Å². The van der Waals surface area contributed by atoms with Crippen molar-refractivity contribution in [1.29, 1.82) is 0 Å². The number of rotatable bonds is 3. The average Bonchev–Trinajstić information content (AvgIpc) is 3.59. The smallest absolute Gasteiger partial charge is 1.00 e. The molecule has 0 aliphatic heterocycles. The van der Waals surface area contributed by atoms with E-state index in [9.17, 15) is 4.39 Å². The van der Waals surface area contributed by atoms with Crippen molar-refractivity contribution < 1.29 is 50.5 Å². The Hall–Kier alpha value is -2.12. The molecule has 47 heavy (non-hydrogen) atoms. The van der Waals surface area contributed by atoms with Gasteiger partial charge in [-0.2, -0.15) is 0 Å². The summed E-state index contributed by atoms with van der Waals surface area (Å²) >= 11 is -2.67. The van der Waals surface area contributed by atoms with E-state index in [-0.39, 0.29) is 46.9 Å². The van der Waals surface area contributed by atoms with Crippen LogP contribution in [0, 0.1) is 17.2 Å². The van der Waals surface area contributed by atoms with Crippen molar-refractivity contribution >= 4 is 14.9 Å². The summed E-state index contributed by atoms with van der Waals surface area (Å²) < 4.78 is 20.0. The van der Waals surface area contributed by atoms with Gasteiger partial charge in [0.2, 0.25) is 0 Å². The van der Waals surface area contributed by atoms with E-state index < -0.39 is 21.3 Å². The van der Waals surface area contributed by atoms with Crippen LogP contribution in [0.3, 0.4) is 0 Å². The average molecular weight is 745 g/mol. The summed E-state index contributed by atoms with van der Waals surface area (Å²) in [5.41, 5.74) is 18.8. The van der Waals surface area contributed by atoms with E-state index in [2.05, 4.69) is 116 Å². The molecule has 4 heteroatoms. The zero-order valence-corrected chi connectivity index (χ0v) is 33.7. The van der Waals surface area contributed by atoms with E-state index >= 15 is 0 Å². The van der Waals surface area contributed by atoms with E-state index in [4.69, 9.17) is 0 Å². The molecule has 0 saturated heterocycles. The van der Waals surface area contributed by atoms with Crippen LogP contribution in [0.25, 0.3) is 22.3 Å². The molecule has 244 valence electrons. The molecule has 4 aliphatic carbocycles. The van der Waals surface area contributed by atoms with Crippen LogP contribution in [0.4, 0.5) is 4.39 Å². The third kappa shape index (κ3) is 5.63. The molecule has 1 unspecified atom stereocenters. The van der Waals surface area contributed by atoms with Crippen LogP contribution < -0.4 is 24.8 Å². The first-order valence-corrected chi connectivity index (χ1v) is 20.5. The first-order chi connectivity index (χ1) is 21.0. The Balaban J connectivity index is 0.00000217. The van der Waals surface area contributed by atoms with Crippen LogP contribution in [0.5, 0.6) is 0 Å². The van der Waals surface area contributed by atoms with Crippen molar-refractivity contribution in [2.75, 3.05) is 0 Å². The molecule has 0 bridgehead atoms. The van der Waals surface area contributed by atoms with Gasteiger partial charge in [0.1, 0.15) is 0 Å². The molecule has 4 aliphatic rings. The van der Waals surface area contributed by atoms with Crippen molar-refractivity contribution in [2.45, 2.75) is 93.4 Å². The molecule has 3 aromatic carbocycles. The van der Waals surface area contributed by atoms with Crippen LogP contribution in [0.15, 0.2) is 78.4 Å². The largest absolute Gasteiger partial charge is 1.00 e. The third-order valence-electron chi connectivity index (χ3n) is 11.2. The number of benzene rings is 3. The predicted octanol–water partition coefficient (Wildman–Crippen LogP) is 5.49. The zero-order valence-electron chi connectivity index (χ0n) is 29.8. The minimum Gasteiger partial charge on any atom is -1.00 e. The molecule has 0 aromatic heterocycles. The first-order valence-electron chi connectivity index (χ1n) is 16.7. The van der Waals surface area contributed by atoms with Crippen LogP contribution in [-0.4, -0.2) is 3.71 Å². The van der Waals surface area contributed by atoms with E-state index in [0.29, 0.717) is 5.92 Å². The number of hydrogen-bond donors (Lipinski definition) is 0. The Morgan fingerprint density at radius 3 is 1.94 bits per heavy atom. The fraction of sp³-hybridized carbons (Fsp3) is 0.372. The van der Waals surface area contributed by atoms with E-state index in [1.165, 1.54) is 66.8 Å². The van der Waals surface area contributed by atoms with Crippen LogP contribution in [0.1, 0.15) is 115 Å². The molecule has 3 aromatic rings. The molecule has 0 nitrogen and oxygen atoms in total. The van der Waals surface area contributed by atoms with Gasteiger partial charge in [0.05, 0.1) is 0 Å². The fourth-order valence-electron chi connectivity index (χ4n) is 9.16. The topological polar surface area (TPSA) is 0 Å². The van der Waals surface area contributed by atoms with Gasteiger partial charge < -0.3 is 24.8 Å². The summed E-state index contributed by atoms with van der Waals surface area (Å²) in [5.74, 6) is 0.252. The summed E-state index contributed by atoms with van der Waals surface area (Å²) in [7, 11) is 0. The summed E-state index contributed by atoms with van der Waals surface area (Å²) in [6, 6.07) is 17.3. The minimum atomic E-state index is -2.67. The molecule has 7 rings (SSSR count). The standard InChI is InChI=1S/C25H25.C11H17.C7H5F.2ClH.Zr/c1-14-12-24(3,4)22-8-16-7-17-9-23-19(15(2)13-25(23,5)6)11-21(17)20(16)10-18(14)22;1-8-6-9(2)10(7-8)11(3,4)5;1-6-2-4-7(8)5-3-6;;;/h8-12H,7H2,1-6H3;7-8H,1-5H3;1-5H;2*1H;/q;;;;;+2/p-2. The van der Waals surface area contributed by atoms with Gasteiger partial charge >= 0.3 is 280 Å². The monoisotopic (exact) mass is 742 g/mol. The van der Waals surface area contributed by atoms with Crippen LogP contribution in [0.2, 0.25) is 0 Å². The molecule has 0 spiro atoms. The number of allylic oxidation sites excluding steroid dienone is 8. The van der Waals surface area contributed by atoms with Gasteiger partial charge in [-0.1, -0.05) is 0 Å². The van der Waals surface area contributed by atoms with Gasteiger partial charge in [0, 0.05) is 0 Å². The maximum Gasteiger partial charge on any atom is -1.00 e. The third-order valence-corrected chi connectivity index (χ3v) is 19.9. The Kier molecular flexibility index (Phi) is 9.26. The van der Waals surface area contributed by atoms with Crippen molar-refractivity contribution in [3.8, 4) is 11.1 Å². The second-order valence-electron chi connectivity index (χ2n) is 16.2. The zero-order chi connectivity index (χ0) is 32.4. The molecule has 0 N–H and O–H groups in total. The Bertz CT molecular complexity index is 1990. The number of halogens is 3. The van der Waals surface area contributed by atoms with Gasteiger partial charge in [-0.3, -0.25) is 0 Å². The van der Waals surface area contributed by atoms with E-state index in [1.807, 2.05) is 12.1 Å². The van der Waals surface area contributed by atoms with Gasteiger partial charge in [0.25, 0.3) is 0 Å². The molecule has 0 heterocycles. The predicted molar refractivity (Wildman–Crippen MR) is 188 cm³/mol. The van der Waals surface area contributed by atoms with Gasteiger partial charge in [0.15, 0.2) is 0 Å². The number of fused-ring (bicyclic) bond motifs is 5. The number of hydrogen-bond acceptors (Lipinski definition) is 0. The molecular weight excluding hydrogens is 698 g/mol. The molecule has 0 amide bonds. The van der Waals surface area contributed by atoms with Crippen molar-refractivity contribution in [2.24, 2.45) is 11.3 Å². The van der Waals surface area contributed by atoms with E-state index in [1.54, 1.807) is 18.7 Å². The Morgan fingerprint density at radius 2 is 1.36 bits per heavy atom. The molecule has 1 atom stereocenters. The SMILES string of the molecule is CC1=CC(C)(C)c2cc3c(cc21)-c1cc2c(cc1C3)C(C)(C)[C]([Zr+2](=[CH]c1ccc(F)cc1)[C]1=C(C)C(C(C)(C)C)=CC1C)=C2C.[Cl-].[Cl-]. The van der Waals surface area contributed by atoms with Crippen molar-refractivity contribution in [1.82, 2.24) is 0 Å². The molecular formula is C43H47Cl2FZr. The van der Waals surface area contributed by atoms with Gasteiger partial charge in [-0.05, 0) is 0 Å². The second kappa shape index (κ2) is 12.0. The summed E-state index contributed by atoms with van der Waals surface area (Å²) in [6.07, 6.45) is 5.98. The second-order valence-corrected chi connectivity index (χ2v) is 21.5.